The Bertz CT molecular complexity index is 794. The summed E-state index contributed by atoms with van der Waals surface area (Å²) in [5.74, 6) is -4.16. The van der Waals surface area contributed by atoms with Gasteiger partial charge in [-0.1, -0.05) is 13.8 Å². The van der Waals surface area contributed by atoms with E-state index in [1.54, 1.807) is 13.8 Å². The van der Waals surface area contributed by atoms with Gasteiger partial charge in [-0.15, -0.1) is 0 Å². The number of H-pyrrole nitrogens is 1. The number of nitrogens with one attached hydrogen (secondary N) is 1. The van der Waals surface area contributed by atoms with Crippen LogP contribution in [-0.4, -0.2) is 56.4 Å². The second kappa shape index (κ2) is 6.91. The van der Waals surface area contributed by atoms with E-state index in [0.717, 1.165) is 23.8 Å². The first-order chi connectivity index (χ1) is 11.9. The van der Waals surface area contributed by atoms with Crippen LogP contribution in [0.25, 0.3) is 0 Å². The van der Waals surface area contributed by atoms with E-state index in [1.165, 1.54) is 0 Å². The molecule has 1 fully saturated rings. The maximum absolute atomic E-state index is 15.0. The number of carbonyl (C=O) groups excluding carboxylic acids is 1. The highest BCUT2D eigenvalue weighted by atomic mass is 19.2. The Hall–Kier alpha value is -2.08. The Balaban J connectivity index is 2.26. The van der Waals surface area contributed by atoms with Crippen LogP contribution >= 0.6 is 0 Å². The number of aliphatic hydroxyl groups is 2. The minimum Gasteiger partial charge on any atom is -0.458 e. The summed E-state index contributed by atoms with van der Waals surface area (Å²) in [6, 6.07) is -0.0371. The fourth-order valence-electron chi connectivity index (χ4n) is 2.60. The summed E-state index contributed by atoms with van der Waals surface area (Å²) in [5, 5.41) is 20.3. The smallest absolute Gasteiger partial charge is 0.330 e. The van der Waals surface area contributed by atoms with Gasteiger partial charge in [-0.2, -0.15) is 0 Å². The Morgan fingerprint density at radius 1 is 1.46 bits per heavy atom. The van der Waals surface area contributed by atoms with E-state index in [-0.39, 0.29) is 5.92 Å². The molecule has 10 nitrogen and oxygen atoms in total. The van der Waals surface area contributed by atoms with Gasteiger partial charge in [-0.05, 0) is 12.8 Å². The monoisotopic (exact) mass is 375 g/mol. The molecule has 5 atom stereocenters. The molecule has 0 aromatic carbocycles. The maximum Gasteiger partial charge on any atom is 0.330 e. The third-order valence-electron chi connectivity index (χ3n) is 4.37. The summed E-state index contributed by atoms with van der Waals surface area (Å²) < 4.78 is 25.6. The van der Waals surface area contributed by atoms with Gasteiger partial charge in [0.15, 0.2) is 12.3 Å². The lowest BCUT2D eigenvalue weighted by atomic mass is 10.0. The molecule has 1 aromatic rings. The molecule has 146 valence electrons. The highest BCUT2D eigenvalue weighted by molar-refractivity contribution is 5.75. The first kappa shape index (κ1) is 20.2. The molecule has 0 spiro atoms. The van der Waals surface area contributed by atoms with Crippen LogP contribution in [0.5, 0.6) is 0 Å². The molecule has 1 aliphatic heterocycles. The van der Waals surface area contributed by atoms with Gasteiger partial charge in [0.1, 0.15) is 18.2 Å². The highest BCUT2D eigenvalue weighted by Crippen LogP contribution is 2.42. The predicted octanol–water partition coefficient (Wildman–Crippen LogP) is -1.85. The van der Waals surface area contributed by atoms with Crippen molar-refractivity contribution in [2.45, 2.75) is 50.6 Å². The Morgan fingerprint density at radius 2 is 2.08 bits per heavy atom. The molecule has 1 aliphatic rings. The number of hydrogen-bond acceptors (Lipinski definition) is 8. The number of aromatic amines is 1. The lowest BCUT2D eigenvalue weighted by Gasteiger charge is -2.30. The minimum atomic E-state index is -2.99. The number of ether oxygens (including phenoxy) is 2. The molecule has 0 amide bonds. The van der Waals surface area contributed by atoms with E-state index >= 15 is 4.39 Å². The van der Waals surface area contributed by atoms with Crippen LogP contribution < -0.4 is 17.0 Å². The quantitative estimate of drug-likeness (QED) is 0.437. The summed E-state index contributed by atoms with van der Waals surface area (Å²) in [4.78, 5) is 36.8. The van der Waals surface area contributed by atoms with Gasteiger partial charge in [0, 0.05) is 12.3 Å². The van der Waals surface area contributed by atoms with Crippen molar-refractivity contribution < 1.29 is 28.9 Å². The first-order valence-electron chi connectivity index (χ1n) is 7.92. The van der Waals surface area contributed by atoms with Crippen molar-refractivity contribution in [3.63, 3.8) is 0 Å². The SMILES string of the molecule is CC(C)[C@H](N)C(=O)OC[C@@]1(F)O[C@@](C)(n2ccc(=O)[nH]c2=O)[C@H](O)[C@@H]1O. The van der Waals surface area contributed by atoms with Gasteiger partial charge in [-0.3, -0.25) is 19.1 Å². The standard InChI is InChI=1S/C15H22FN3O7/c1-7(2)9(17)12(23)25-6-15(16)11(22)10(21)14(3,26-15)19-5-4-8(20)18-13(19)24/h4-5,7,9-11,21-22H,6,17H2,1-3H3,(H,18,20,24)/t9-,10+,11-,14+,15+/m0/s1. The summed E-state index contributed by atoms with van der Waals surface area (Å²) in [6.07, 6.45) is -3.04. The number of halogens is 1. The molecule has 1 saturated heterocycles. The van der Waals surface area contributed by atoms with Crippen LogP contribution in [0.15, 0.2) is 21.9 Å². The van der Waals surface area contributed by atoms with Crippen LogP contribution in [0.4, 0.5) is 4.39 Å². The average molecular weight is 375 g/mol. The summed E-state index contributed by atoms with van der Waals surface area (Å²) in [6.45, 7) is 3.44. The summed E-state index contributed by atoms with van der Waals surface area (Å²) in [7, 11) is 0. The second-order valence-corrected chi connectivity index (χ2v) is 6.69. The maximum atomic E-state index is 15.0. The molecule has 2 rings (SSSR count). The third-order valence-corrected chi connectivity index (χ3v) is 4.37. The number of nitrogens with two attached hydrogens (primary N) is 1. The number of hydrogen-bond donors (Lipinski definition) is 4. The summed E-state index contributed by atoms with van der Waals surface area (Å²) in [5.41, 5.74) is 1.87. The van der Waals surface area contributed by atoms with E-state index in [1.807, 2.05) is 4.98 Å². The molecule has 2 heterocycles. The molecular formula is C15H22FN3O7. The normalized spacial score (nSPS) is 32.6. The van der Waals surface area contributed by atoms with E-state index in [0.29, 0.717) is 0 Å². The number of nitrogens with zero attached hydrogens (tertiary/aromatic N) is 1. The minimum absolute atomic E-state index is 0.261. The van der Waals surface area contributed by atoms with Crippen LogP contribution in [0.2, 0.25) is 0 Å². The number of carbonyl (C=O) groups is 1. The van der Waals surface area contributed by atoms with Crippen molar-refractivity contribution in [1.82, 2.24) is 9.55 Å². The van der Waals surface area contributed by atoms with E-state index in [4.69, 9.17) is 15.2 Å². The van der Waals surface area contributed by atoms with Crippen molar-refractivity contribution in [3.05, 3.63) is 33.1 Å². The molecule has 11 heteroatoms. The van der Waals surface area contributed by atoms with Crippen molar-refractivity contribution in [2.24, 2.45) is 11.7 Å². The van der Waals surface area contributed by atoms with Crippen molar-refractivity contribution in [3.8, 4) is 0 Å². The second-order valence-electron chi connectivity index (χ2n) is 6.69. The molecule has 0 radical (unpaired) electrons. The van der Waals surface area contributed by atoms with Crippen molar-refractivity contribution in [2.75, 3.05) is 6.61 Å². The molecular weight excluding hydrogens is 353 g/mol. The Kier molecular flexibility index (Phi) is 5.38. The molecule has 1 aromatic heterocycles. The largest absolute Gasteiger partial charge is 0.458 e. The van der Waals surface area contributed by atoms with Gasteiger partial charge in [0.05, 0.1) is 0 Å². The van der Waals surface area contributed by atoms with E-state index < -0.39 is 53.7 Å². The zero-order valence-corrected chi connectivity index (χ0v) is 14.5. The van der Waals surface area contributed by atoms with Crippen molar-refractivity contribution >= 4 is 5.97 Å². The van der Waals surface area contributed by atoms with Gasteiger partial charge < -0.3 is 25.4 Å². The number of rotatable bonds is 5. The zero-order valence-electron chi connectivity index (χ0n) is 14.5. The highest BCUT2D eigenvalue weighted by Gasteiger charge is 2.63. The molecule has 0 aliphatic carbocycles. The fraction of sp³-hybridized carbons (Fsp3) is 0.667. The lowest BCUT2D eigenvalue weighted by Crippen LogP contribution is -2.49. The van der Waals surface area contributed by atoms with Crippen LogP contribution in [-0.2, 0) is 20.0 Å². The molecule has 5 N–H and O–H groups in total. The van der Waals surface area contributed by atoms with Gasteiger partial charge in [-0.25, -0.2) is 9.18 Å². The number of aliphatic hydroxyl groups excluding tert-OH is 2. The summed E-state index contributed by atoms with van der Waals surface area (Å²) >= 11 is 0. The van der Waals surface area contributed by atoms with Crippen LogP contribution in [0.1, 0.15) is 20.8 Å². The number of alkyl halides is 1. The average Bonchev–Trinajstić information content (AvgIpc) is 2.73. The van der Waals surface area contributed by atoms with E-state index in [9.17, 15) is 24.6 Å². The number of aromatic nitrogens is 2. The van der Waals surface area contributed by atoms with Gasteiger partial charge in [0.25, 0.3) is 11.4 Å². The lowest BCUT2D eigenvalue weighted by molar-refractivity contribution is -0.245. The van der Waals surface area contributed by atoms with Crippen LogP contribution in [0, 0.1) is 5.92 Å². The predicted molar refractivity (Wildman–Crippen MR) is 85.7 cm³/mol. The van der Waals surface area contributed by atoms with Crippen LogP contribution in [0.3, 0.4) is 0 Å². The zero-order chi connectivity index (χ0) is 19.9. The molecule has 0 saturated carbocycles. The number of esters is 1. The fourth-order valence-corrected chi connectivity index (χ4v) is 2.60. The molecule has 26 heavy (non-hydrogen) atoms. The third kappa shape index (κ3) is 3.43. The van der Waals surface area contributed by atoms with Crippen molar-refractivity contribution in [1.29, 1.82) is 0 Å². The Morgan fingerprint density at radius 3 is 2.62 bits per heavy atom. The molecule has 0 bridgehead atoms. The Labute approximate surface area is 147 Å². The van der Waals surface area contributed by atoms with E-state index in [2.05, 4.69) is 0 Å². The van der Waals surface area contributed by atoms with Gasteiger partial charge in [0.2, 0.25) is 0 Å². The topological polar surface area (TPSA) is 157 Å². The van der Waals surface area contributed by atoms with Gasteiger partial charge >= 0.3 is 11.7 Å². The molecule has 0 unspecified atom stereocenters. The first-order valence-corrected chi connectivity index (χ1v) is 7.92.